The van der Waals surface area contributed by atoms with Crippen molar-refractivity contribution in [3.05, 3.63) is 42.5 Å². The van der Waals surface area contributed by atoms with E-state index in [1.807, 2.05) is 24.3 Å². The summed E-state index contributed by atoms with van der Waals surface area (Å²) in [6, 6.07) is 7.59. The molecule has 0 atom stereocenters. The molecule has 0 aliphatic heterocycles. The van der Waals surface area contributed by atoms with E-state index in [9.17, 15) is 4.79 Å². The van der Waals surface area contributed by atoms with Crippen LogP contribution in [0.1, 0.15) is 12.0 Å². The van der Waals surface area contributed by atoms with Crippen LogP contribution in [0.25, 0.3) is 11.2 Å². The number of nitrogens with one attached hydrogen (secondary N) is 3. The number of benzene rings is 1. The summed E-state index contributed by atoms with van der Waals surface area (Å²) < 4.78 is 5.10. The lowest BCUT2D eigenvalue weighted by molar-refractivity contribution is -0.121. The number of anilines is 1. The molecule has 24 heavy (non-hydrogen) atoms. The predicted octanol–water partition coefficient (Wildman–Crippen LogP) is 1.48. The molecule has 0 saturated heterocycles. The number of imidazole rings is 1. The van der Waals surface area contributed by atoms with Crippen molar-refractivity contribution >= 4 is 22.9 Å². The summed E-state index contributed by atoms with van der Waals surface area (Å²) in [4.78, 5) is 27.1. The molecule has 0 aliphatic carbocycles. The SMILES string of the molecule is COc1ccc(CNC(=O)CCNc2ncnc3nc[nH]c23)cc1. The van der Waals surface area contributed by atoms with Crippen LogP contribution >= 0.6 is 0 Å². The minimum atomic E-state index is -0.0340. The number of hydrogen-bond donors (Lipinski definition) is 3. The molecule has 0 aliphatic rings. The van der Waals surface area contributed by atoms with E-state index < -0.39 is 0 Å². The van der Waals surface area contributed by atoms with Crippen LogP contribution in [0.2, 0.25) is 0 Å². The van der Waals surface area contributed by atoms with Crippen LogP contribution in [0, 0.1) is 0 Å². The Bertz CT molecular complexity index is 815. The van der Waals surface area contributed by atoms with Crippen LogP contribution in [-0.4, -0.2) is 39.5 Å². The number of aromatic amines is 1. The van der Waals surface area contributed by atoms with E-state index in [2.05, 4.69) is 30.6 Å². The molecule has 8 nitrogen and oxygen atoms in total. The number of carbonyl (C=O) groups excluding carboxylic acids is 1. The van der Waals surface area contributed by atoms with Gasteiger partial charge in [0.25, 0.3) is 0 Å². The first-order valence-corrected chi connectivity index (χ1v) is 7.54. The van der Waals surface area contributed by atoms with Gasteiger partial charge in [-0.1, -0.05) is 12.1 Å². The highest BCUT2D eigenvalue weighted by atomic mass is 16.5. The molecular formula is C16H18N6O2. The van der Waals surface area contributed by atoms with Crippen molar-refractivity contribution in [2.24, 2.45) is 0 Å². The third kappa shape index (κ3) is 3.78. The summed E-state index contributed by atoms with van der Waals surface area (Å²) >= 11 is 0. The maximum absolute atomic E-state index is 11.9. The third-order valence-corrected chi connectivity index (χ3v) is 3.52. The topological polar surface area (TPSA) is 105 Å². The number of ether oxygens (including phenoxy) is 1. The summed E-state index contributed by atoms with van der Waals surface area (Å²) in [7, 11) is 1.62. The van der Waals surface area contributed by atoms with Gasteiger partial charge in [0.2, 0.25) is 5.91 Å². The van der Waals surface area contributed by atoms with Crippen molar-refractivity contribution in [3.63, 3.8) is 0 Å². The highest BCUT2D eigenvalue weighted by Crippen LogP contribution is 2.14. The molecular weight excluding hydrogens is 308 g/mol. The molecule has 1 amide bonds. The van der Waals surface area contributed by atoms with E-state index in [1.165, 1.54) is 6.33 Å². The molecule has 8 heteroatoms. The van der Waals surface area contributed by atoms with Gasteiger partial charge in [-0.05, 0) is 17.7 Å². The number of methoxy groups -OCH3 is 1. The molecule has 3 rings (SSSR count). The summed E-state index contributed by atoms with van der Waals surface area (Å²) in [6.07, 6.45) is 3.34. The molecule has 0 radical (unpaired) electrons. The van der Waals surface area contributed by atoms with Crippen LogP contribution in [0.4, 0.5) is 5.82 Å². The van der Waals surface area contributed by atoms with E-state index in [0.717, 1.165) is 16.8 Å². The summed E-state index contributed by atoms with van der Waals surface area (Å²) in [5.41, 5.74) is 2.35. The van der Waals surface area contributed by atoms with Gasteiger partial charge >= 0.3 is 0 Å². The quantitative estimate of drug-likeness (QED) is 0.607. The van der Waals surface area contributed by atoms with Gasteiger partial charge in [0, 0.05) is 19.5 Å². The maximum atomic E-state index is 11.9. The standard InChI is InChI=1S/C16H18N6O2/c1-24-12-4-2-11(3-5-12)8-18-13(23)6-7-17-15-14-16(20-9-19-14)22-10-21-15/h2-5,9-10H,6-8H2,1H3,(H,18,23)(H2,17,19,20,21,22). The van der Waals surface area contributed by atoms with Crippen LogP contribution in [-0.2, 0) is 11.3 Å². The molecule has 0 bridgehead atoms. The number of carbonyl (C=O) groups is 1. The maximum Gasteiger partial charge on any atom is 0.222 e. The van der Waals surface area contributed by atoms with Crippen molar-refractivity contribution in [2.45, 2.75) is 13.0 Å². The zero-order valence-corrected chi connectivity index (χ0v) is 13.2. The summed E-state index contributed by atoms with van der Waals surface area (Å²) in [6.45, 7) is 0.959. The largest absolute Gasteiger partial charge is 0.497 e. The number of rotatable bonds is 7. The first kappa shape index (κ1) is 15.7. The molecule has 0 fully saturated rings. The van der Waals surface area contributed by atoms with Crippen molar-refractivity contribution in [1.82, 2.24) is 25.3 Å². The minimum absolute atomic E-state index is 0.0340. The van der Waals surface area contributed by atoms with Crippen molar-refractivity contribution in [1.29, 1.82) is 0 Å². The summed E-state index contributed by atoms with van der Waals surface area (Å²) in [5.74, 6) is 1.40. The first-order chi connectivity index (χ1) is 11.8. The van der Waals surface area contributed by atoms with Gasteiger partial charge in [-0.15, -0.1) is 0 Å². The zero-order valence-electron chi connectivity index (χ0n) is 13.2. The molecule has 2 aromatic heterocycles. The Morgan fingerprint density at radius 1 is 1.21 bits per heavy atom. The first-order valence-electron chi connectivity index (χ1n) is 7.54. The van der Waals surface area contributed by atoms with E-state index >= 15 is 0 Å². The fourth-order valence-corrected chi connectivity index (χ4v) is 2.23. The number of nitrogens with zero attached hydrogens (tertiary/aromatic N) is 3. The Labute approximate surface area is 138 Å². The number of aromatic nitrogens is 4. The molecule has 3 aromatic rings. The number of H-pyrrole nitrogens is 1. The smallest absolute Gasteiger partial charge is 0.222 e. The highest BCUT2D eigenvalue weighted by molar-refractivity contribution is 5.82. The van der Waals surface area contributed by atoms with Crippen LogP contribution < -0.4 is 15.4 Å². The van der Waals surface area contributed by atoms with Gasteiger partial charge in [0.15, 0.2) is 11.5 Å². The lowest BCUT2D eigenvalue weighted by Gasteiger charge is -2.08. The average molecular weight is 326 g/mol. The van der Waals surface area contributed by atoms with E-state index in [-0.39, 0.29) is 5.91 Å². The second-order valence-electron chi connectivity index (χ2n) is 5.13. The predicted molar refractivity (Wildman–Crippen MR) is 89.6 cm³/mol. The lowest BCUT2D eigenvalue weighted by atomic mass is 10.2. The van der Waals surface area contributed by atoms with Gasteiger partial charge < -0.3 is 20.4 Å². The average Bonchev–Trinajstić information content (AvgIpc) is 3.10. The highest BCUT2D eigenvalue weighted by Gasteiger charge is 2.06. The summed E-state index contributed by atoms with van der Waals surface area (Å²) in [5, 5.41) is 6.00. The Hall–Kier alpha value is -3.16. The molecule has 1 aromatic carbocycles. The van der Waals surface area contributed by atoms with Crippen molar-refractivity contribution in [3.8, 4) is 5.75 Å². The van der Waals surface area contributed by atoms with Crippen LogP contribution in [0.15, 0.2) is 36.9 Å². The van der Waals surface area contributed by atoms with Crippen molar-refractivity contribution in [2.75, 3.05) is 19.0 Å². The van der Waals surface area contributed by atoms with Gasteiger partial charge in [-0.3, -0.25) is 4.79 Å². The Morgan fingerprint density at radius 3 is 2.83 bits per heavy atom. The minimum Gasteiger partial charge on any atom is -0.497 e. The molecule has 2 heterocycles. The van der Waals surface area contributed by atoms with Gasteiger partial charge in [0.1, 0.15) is 17.6 Å². The van der Waals surface area contributed by atoms with E-state index in [0.29, 0.717) is 31.0 Å². The second-order valence-corrected chi connectivity index (χ2v) is 5.13. The van der Waals surface area contributed by atoms with E-state index in [1.54, 1.807) is 13.4 Å². The normalized spacial score (nSPS) is 10.5. The number of amides is 1. The van der Waals surface area contributed by atoms with Crippen molar-refractivity contribution < 1.29 is 9.53 Å². The molecule has 3 N–H and O–H groups in total. The third-order valence-electron chi connectivity index (χ3n) is 3.52. The van der Waals surface area contributed by atoms with Crippen LogP contribution in [0.5, 0.6) is 5.75 Å². The molecule has 0 spiro atoms. The van der Waals surface area contributed by atoms with Gasteiger partial charge in [-0.25, -0.2) is 15.0 Å². The van der Waals surface area contributed by atoms with Gasteiger partial charge in [0.05, 0.1) is 13.4 Å². The zero-order chi connectivity index (χ0) is 16.8. The van der Waals surface area contributed by atoms with Crippen LogP contribution in [0.3, 0.4) is 0 Å². The number of fused-ring (bicyclic) bond motifs is 1. The van der Waals surface area contributed by atoms with Gasteiger partial charge in [-0.2, -0.15) is 0 Å². The molecule has 0 saturated carbocycles. The fourth-order valence-electron chi connectivity index (χ4n) is 2.23. The molecule has 0 unspecified atom stereocenters. The molecule has 124 valence electrons. The second kappa shape index (κ2) is 7.40. The Kier molecular flexibility index (Phi) is 4.85. The Balaban J connectivity index is 1.44. The van der Waals surface area contributed by atoms with E-state index in [4.69, 9.17) is 4.74 Å². The monoisotopic (exact) mass is 326 g/mol. The lowest BCUT2D eigenvalue weighted by Crippen LogP contribution is -2.25. The Morgan fingerprint density at radius 2 is 2.04 bits per heavy atom. The number of hydrogen-bond acceptors (Lipinski definition) is 6. The fraction of sp³-hybridized carbons (Fsp3) is 0.250.